The fourth-order valence-corrected chi connectivity index (χ4v) is 2.12. The molecule has 20 heavy (non-hydrogen) atoms. The van der Waals surface area contributed by atoms with Gasteiger partial charge in [0.1, 0.15) is 12.3 Å². The smallest absolute Gasteiger partial charge is 0.413 e. The lowest BCUT2D eigenvalue weighted by molar-refractivity contribution is -0.142. The van der Waals surface area contributed by atoms with Crippen molar-refractivity contribution in [1.82, 2.24) is 4.90 Å². The molecule has 6 heteroatoms. The second kappa shape index (κ2) is 5.50. The Hall–Kier alpha value is -2.08. The first-order valence-corrected chi connectivity index (χ1v) is 6.28. The quantitative estimate of drug-likeness (QED) is 0.913. The van der Waals surface area contributed by atoms with Crippen LogP contribution < -0.4 is 0 Å². The van der Waals surface area contributed by atoms with Gasteiger partial charge in [-0.15, -0.1) is 0 Å². The van der Waals surface area contributed by atoms with Crippen LogP contribution in [0.2, 0.25) is 0 Å². The largest absolute Gasteiger partial charge is 0.480 e. The Balaban J connectivity index is 2.04. The number of carbonyl (C=O) groups excluding carboxylic acids is 1. The number of nitrogens with zero attached hydrogens (tertiary/aromatic N) is 1. The molecule has 1 aliphatic heterocycles. The fourth-order valence-electron chi connectivity index (χ4n) is 2.12. The first-order chi connectivity index (χ1) is 9.42. The first-order valence-electron chi connectivity index (χ1n) is 6.28. The Labute approximate surface area is 116 Å². The van der Waals surface area contributed by atoms with Crippen LogP contribution in [0.5, 0.6) is 0 Å². The van der Waals surface area contributed by atoms with Gasteiger partial charge in [-0.1, -0.05) is 30.3 Å². The van der Waals surface area contributed by atoms with Gasteiger partial charge < -0.3 is 14.6 Å². The van der Waals surface area contributed by atoms with Gasteiger partial charge in [0.25, 0.3) is 0 Å². The third-order valence-electron chi connectivity index (χ3n) is 3.17. The Morgan fingerprint density at radius 2 is 2.05 bits per heavy atom. The van der Waals surface area contributed by atoms with Gasteiger partial charge in [-0.3, -0.25) is 4.90 Å². The number of ether oxygens (including phenoxy) is 2. The number of hydrogen-bond acceptors (Lipinski definition) is 4. The van der Waals surface area contributed by atoms with Crippen LogP contribution in [0.25, 0.3) is 0 Å². The number of benzene rings is 1. The third-order valence-corrected chi connectivity index (χ3v) is 3.17. The van der Waals surface area contributed by atoms with Gasteiger partial charge in [0.05, 0.1) is 6.61 Å². The average Bonchev–Trinajstić information content (AvgIpc) is 2.73. The molecule has 0 aliphatic carbocycles. The normalized spacial score (nSPS) is 20.7. The lowest BCUT2D eigenvalue weighted by Crippen LogP contribution is -2.50. The highest BCUT2D eigenvalue weighted by Gasteiger charge is 2.48. The van der Waals surface area contributed by atoms with E-state index < -0.39 is 23.8 Å². The van der Waals surface area contributed by atoms with Gasteiger partial charge in [0, 0.05) is 0 Å². The van der Waals surface area contributed by atoms with Crippen molar-refractivity contribution >= 4 is 12.1 Å². The van der Waals surface area contributed by atoms with Gasteiger partial charge in [-0.2, -0.15) is 0 Å². The van der Waals surface area contributed by atoms with E-state index in [4.69, 9.17) is 14.6 Å². The van der Waals surface area contributed by atoms with E-state index in [0.717, 1.165) is 10.5 Å². The number of carboxylic acids is 1. The topological polar surface area (TPSA) is 76.1 Å². The molecular weight excluding hydrogens is 262 g/mol. The molecule has 2 rings (SSSR count). The summed E-state index contributed by atoms with van der Waals surface area (Å²) in [5, 5.41) is 9.12. The standard InChI is InChI=1S/C14H17NO5/c1-14(2)15(11(9-20-14)12(16)17)13(18)19-8-10-6-4-3-5-7-10/h3-7,11H,8-9H2,1-2H3,(H,16,17)/t11-/m0/s1. The molecule has 1 aromatic rings. The minimum atomic E-state index is -1.10. The summed E-state index contributed by atoms with van der Waals surface area (Å²) in [6.45, 7) is 3.33. The molecular formula is C14H17NO5. The van der Waals surface area contributed by atoms with E-state index in [1.165, 1.54) is 0 Å². The highest BCUT2D eigenvalue weighted by Crippen LogP contribution is 2.28. The van der Waals surface area contributed by atoms with E-state index in [0.29, 0.717) is 0 Å². The van der Waals surface area contributed by atoms with Crippen molar-refractivity contribution in [3.63, 3.8) is 0 Å². The molecule has 1 fully saturated rings. The summed E-state index contributed by atoms with van der Waals surface area (Å²) < 4.78 is 10.5. The van der Waals surface area contributed by atoms with Gasteiger partial charge in [0.2, 0.25) is 0 Å². The van der Waals surface area contributed by atoms with Gasteiger partial charge in [0.15, 0.2) is 6.04 Å². The molecule has 1 heterocycles. The van der Waals surface area contributed by atoms with Crippen LogP contribution >= 0.6 is 0 Å². The molecule has 1 saturated heterocycles. The van der Waals surface area contributed by atoms with Crippen molar-refractivity contribution in [2.24, 2.45) is 0 Å². The number of rotatable bonds is 3. The molecule has 0 unspecified atom stereocenters. The molecule has 0 bridgehead atoms. The maximum atomic E-state index is 12.1. The summed E-state index contributed by atoms with van der Waals surface area (Å²) in [6, 6.07) is 8.18. The average molecular weight is 279 g/mol. The predicted octanol–water partition coefficient (Wildman–Crippen LogP) is 1.84. The summed E-state index contributed by atoms with van der Waals surface area (Å²) in [5.41, 5.74) is -0.151. The van der Waals surface area contributed by atoms with Crippen molar-refractivity contribution in [3.8, 4) is 0 Å². The van der Waals surface area contributed by atoms with Crippen LogP contribution in [0, 0.1) is 0 Å². The monoisotopic (exact) mass is 279 g/mol. The summed E-state index contributed by atoms with van der Waals surface area (Å²) in [7, 11) is 0. The predicted molar refractivity (Wildman–Crippen MR) is 69.9 cm³/mol. The molecule has 1 amide bonds. The minimum Gasteiger partial charge on any atom is -0.480 e. The van der Waals surface area contributed by atoms with Crippen molar-refractivity contribution in [1.29, 1.82) is 0 Å². The zero-order chi connectivity index (χ0) is 14.8. The molecule has 6 nitrogen and oxygen atoms in total. The second-order valence-electron chi connectivity index (χ2n) is 5.02. The van der Waals surface area contributed by atoms with Crippen molar-refractivity contribution in [2.75, 3.05) is 6.61 Å². The Morgan fingerprint density at radius 3 is 2.65 bits per heavy atom. The summed E-state index contributed by atoms with van der Waals surface area (Å²) in [5.74, 6) is -1.10. The molecule has 0 radical (unpaired) electrons. The van der Waals surface area contributed by atoms with E-state index in [-0.39, 0.29) is 13.2 Å². The number of aliphatic carboxylic acids is 1. The summed E-state index contributed by atoms with van der Waals surface area (Å²) in [6.07, 6.45) is -0.691. The maximum absolute atomic E-state index is 12.1. The van der Waals surface area contributed by atoms with E-state index in [2.05, 4.69) is 0 Å². The van der Waals surface area contributed by atoms with E-state index in [9.17, 15) is 9.59 Å². The zero-order valence-corrected chi connectivity index (χ0v) is 11.4. The second-order valence-corrected chi connectivity index (χ2v) is 5.02. The zero-order valence-electron chi connectivity index (χ0n) is 11.4. The molecule has 0 aromatic heterocycles. The van der Waals surface area contributed by atoms with Crippen molar-refractivity contribution in [2.45, 2.75) is 32.2 Å². The lowest BCUT2D eigenvalue weighted by Gasteiger charge is -2.31. The highest BCUT2D eigenvalue weighted by atomic mass is 16.6. The number of hydrogen-bond donors (Lipinski definition) is 1. The van der Waals surface area contributed by atoms with Crippen molar-refractivity contribution < 1.29 is 24.2 Å². The number of carboxylic acid groups (broad SMARTS) is 1. The number of amides is 1. The first kappa shape index (κ1) is 14.3. The van der Waals surface area contributed by atoms with Crippen LogP contribution in [0.15, 0.2) is 30.3 Å². The fraction of sp³-hybridized carbons (Fsp3) is 0.429. The minimum absolute atomic E-state index is 0.0389. The molecule has 0 spiro atoms. The van der Waals surface area contributed by atoms with Gasteiger partial charge >= 0.3 is 12.1 Å². The van der Waals surface area contributed by atoms with E-state index in [1.54, 1.807) is 13.8 Å². The third kappa shape index (κ3) is 2.91. The Morgan fingerprint density at radius 1 is 1.40 bits per heavy atom. The van der Waals surface area contributed by atoms with Crippen LogP contribution in [0.1, 0.15) is 19.4 Å². The van der Waals surface area contributed by atoms with Crippen LogP contribution in [-0.4, -0.2) is 40.4 Å². The maximum Gasteiger partial charge on any atom is 0.413 e. The Bertz CT molecular complexity index is 500. The summed E-state index contributed by atoms with van der Waals surface area (Å²) in [4.78, 5) is 24.4. The van der Waals surface area contributed by atoms with Crippen LogP contribution in [0.4, 0.5) is 4.79 Å². The van der Waals surface area contributed by atoms with Gasteiger partial charge in [-0.25, -0.2) is 9.59 Å². The summed E-state index contributed by atoms with van der Waals surface area (Å²) >= 11 is 0. The molecule has 1 N–H and O–H groups in total. The Kier molecular flexibility index (Phi) is 3.94. The van der Waals surface area contributed by atoms with Gasteiger partial charge in [-0.05, 0) is 19.4 Å². The van der Waals surface area contributed by atoms with Crippen molar-refractivity contribution in [3.05, 3.63) is 35.9 Å². The molecule has 1 aromatic carbocycles. The highest BCUT2D eigenvalue weighted by molar-refractivity contribution is 5.81. The molecule has 1 aliphatic rings. The molecule has 0 saturated carbocycles. The lowest BCUT2D eigenvalue weighted by atomic mass is 10.2. The van der Waals surface area contributed by atoms with E-state index >= 15 is 0 Å². The SMILES string of the molecule is CC1(C)OC[C@@H](C(=O)O)N1C(=O)OCc1ccccc1. The van der Waals surface area contributed by atoms with E-state index in [1.807, 2.05) is 30.3 Å². The molecule has 108 valence electrons. The van der Waals surface area contributed by atoms with Crippen LogP contribution in [-0.2, 0) is 20.9 Å². The number of carbonyl (C=O) groups is 2. The molecule has 1 atom stereocenters. The van der Waals surface area contributed by atoms with Crippen LogP contribution in [0.3, 0.4) is 0 Å².